The summed E-state index contributed by atoms with van der Waals surface area (Å²) < 4.78 is 4.64. The summed E-state index contributed by atoms with van der Waals surface area (Å²) in [7, 11) is 0. The first kappa shape index (κ1) is 34.3. The van der Waals surface area contributed by atoms with Gasteiger partial charge in [-0.3, -0.25) is 4.98 Å². The fourth-order valence-electron chi connectivity index (χ4n) is 6.53. The van der Waals surface area contributed by atoms with Gasteiger partial charge in [-0.05, 0) is 44.3 Å². The zero-order valence-electron chi connectivity index (χ0n) is 28.7. The molecule has 1 aliphatic rings. The number of aromatic nitrogens is 2. The molecule has 0 aliphatic carbocycles. The van der Waals surface area contributed by atoms with Crippen LogP contribution in [0.1, 0.15) is 101 Å². The minimum absolute atomic E-state index is 0. The number of pyridine rings is 1. The monoisotopic (exact) mass is 802 g/mol. The molecule has 1 aliphatic heterocycles. The number of nitrogens with zero attached hydrogens (tertiary/aromatic N) is 4. The van der Waals surface area contributed by atoms with Gasteiger partial charge in [-0.25, -0.2) is 0 Å². The fourth-order valence-corrected chi connectivity index (χ4v) is 6.53. The summed E-state index contributed by atoms with van der Waals surface area (Å²) in [6.45, 7) is 18.3. The van der Waals surface area contributed by atoms with E-state index >= 15 is 0 Å². The van der Waals surface area contributed by atoms with Gasteiger partial charge in [0.05, 0.1) is 5.52 Å². The van der Waals surface area contributed by atoms with E-state index in [-0.39, 0.29) is 22.4 Å². The van der Waals surface area contributed by atoms with Crippen LogP contribution in [0.15, 0.2) is 103 Å². The Morgan fingerprint density at radius 2 is 0.936 bits per heavy atom. The Morgan fingerprint density at radius 3 is 1.40 bits per heavy atom. The van der Waals surface area contributed by atoms with Crippen LogP contribution < -0.4 is 14.1 Å². The molecule has 0 fully saturated rings. The smallest absolute Gasteiger partial charge is 0.656 e. The van der Waals surface area contributed by atoms with E-state index < -0.39 is 0 Å². The Kier molecular flexibility index (Phi) is 10.5. The number of hydrogen-bond acceptors (Lipinski definition) is 1. The van der Waals surface area contributed by atoms with Crippen LogP contribution in [0.3, 0.4) is 0 Å². The van der Waals surface area contributed by atoms with Gasteiger partial charge in [-0.1, -0.05) is 134 Å². The maximum atomic E-state index is 4.45. The van der Waals surface area contributed by atoms with E-state index in [1.165, 1.54) is 45.0 Å². The second kappa shape index (κ2) is 14.4. The average Bonchev–Trinajstić information content (AvgIpc) is 3.63. The minimum Gasteiger partial charge on any atom is -0.656 e. The van der Waals surface area contributed by atoms with E-state index in [0.29, 0.717) is 23.7 Å². The Bertz CT molecular complexity index is 1910. The van der Waals surface area contributed by atoms with Gasteiger partial charge in [0.15, 0.2) is 0 Å². The third kappa shape index (κ3) is 6.57. The summed E-state index contributed by atoms with van der Waals surface area (Å²) in [4.78, 5) is 8.76. The van der Waals surface area contributed by atoms with Gasteiger partial charge in [0.25, 0.3) is 11.4 Å². The van der Waals surface area contributed by atoms with Crippen LogP contribution >= 0.6 is 0 Å². The molecule has 3 heterocycles. The Balaban J connectivity index is 0.000000256. The van der Waals surface area contributed by atoms with Gasteiger partial charge < -0.3 is 4.98 Å². The zero-order valence-corrected chi connectivity index (χ0v) is 30.9. The first-order chi connectivity index (χ1) is 22.2. The molecule has 0 atom stereocenters. The van der Waals surface area contributed by atoms with Crippen molar-refractivity contribution in [3.05, 3.63) is 126 Å². The van der Waals surface area contributed by atoms with Crippen molar-refractivity contribution in [2.75, 3.05) is 0 Å². The Labute approximate surface area is 295 Å². The third-order valence-corrected chi connectivity index (χ3v) is 8.88. The quantitative estimate of drug-likeness (QED) is 0.124. The van der Waals surface area contributed by atoms with E-state index in [2.05, 4.69) is 147 Å². The van der Waals surface area contributed by atoms with Gasteiger partial charge in [-0.15, -0.1) is 11.0 Å². The number of rotatable bonds is 6. The summed E-state index contributed by atoms with van der Waals surface area (Å²) >= 11 is 0. The second-order valence-corrected chi connectivity index (χ2v) is 13.4. The molecule has 0 unspecified atom stereocenters. The maximum Gasteiger partial charge on any atom is 1.00 e. The van der Waals surface area contributed by atoms with Crippen molar-refractivity contribution in [1.29, 1.82) is 0 Å². The number of hydrogen-bond donors (Lipinski definition) is 0. The van der Waals surface area contributed by atoms with Crippen molar-refractivity contribution < 1.29 is 22.4 Å². The molecule has 0 radical (unpaired) electrons. The van der Waals surface area contributed by atoms with Crippen molar-refractivity contribution in [1.82, 2.24) is 19.1 Å². The molecule has 2 aromatic heterocycles. The Morgan fingerprint density at radius 1 is 0.511 bits per heavy atom. The molecule has 4 nitrogen and oxygen atoms in total. The molecule has 0 bridgehead atoms. The van der Waals surface area contributed by atoms with Crippen LogP contribution in [0.5, 0.6) is 0 Å². The van der Waals surface area contributed by atoms with Crippen LogP contribution in [-0.2, 0) is 22.4 Å². The molecule has 0 spiro atoms. The molecular formula is C42H45AuN4+2. The first-order valence-electron chi connectivity index (χ1n) is 16.6. The van der Waals surface area contributed by atoms with E-state index in [1.54, 1.807) is 6.20 Å². The predicted molar refractivity (Wildman–Crippen MR) is 196 cm³/mol. The normalized spacial score (nSPS) is 12.3. The van der Waals surface area contributed by atoms with Crippen molar-refractivity contribution in [3.8, 4) is 0 Å². The molecule has 5 heteroatoms. The van der Waals surface area contributed by atoms with Crippen molar-refractivity contribution in [2.45, 2.75) is 79.1 Å². The number of fused-ring (bicyclic) bond motifs is 4. The van der Waals surface area contributed by atoms with Gasteiger partial charge in [0.2, 0.25) is 11.4 Å². The van der Waals surface area contributed by atoms with Crippen molar-refractivity contribution >= 4 is 50.7 Å². The molecule has 0 amide bonds. The van der Waals surface area contributed by atoms with E-state index in [9.17, 15) is 0 Å². The predicted octanol–water partition coefficient (Wildman–Crippen LogP) is 11.4. The topological polar surface area (TPSA) is 33.0 Å². The summed E-state index contributed by atoms with van der Waals surface area (Å²) in [5.41, 5.74) is 13.4. The average molecular weight is 803 g/mol. The first-order valence-corrected chi connectivity index (χ1v) is 16.6. The number of para-hydroxylation sites is 5. The van der Waals surface area contributed by atoms with E-state index in [0.717, 1.165) is 21.9 Å². The van der Waals surface area contributed by atoms with Gasteiger partial charge in [-0.2, -0.15) is 0 Å². The van der Waals surface area contributed by atoms with Gasteiger partial charge in [0, 0.05) is 40.6 Å². The standard InChI is InChI=1S/C31H38N2.C11H7N2.Au/c1-20(2)24-13-11-14-25(21(3)4)30(24)32-19-33(29-18-10-9-17-28(29)32)31-26(22(5)6)15-12-16-27(31)23(7)8;1-2-5-9-8(4-1)11-10(13-9)6-3-7-12-11;/h9-18,20-23H,1-8H3;1-7H;/q+2;-1;+1. The van der Waals surface area contributed by atoms with Crippen LogP contribution in [-0.4, -0.2) is 11.0 Å². The van der Waals surface area contributed by atoms with Crippen LogP contribution in [0.2, 0.25) is 0 Å². The van der Waals surface area contributed by atoms with Gasteiger partial charge >= 0.3 is 28.4 Å². The van der Waals surface area contributed by atoms with E-state index in [1.807, 2.05) is 30.3 Å². The summed E-state index contributed by atoms with van der Waals surface area (Å²) in [6, 6.07) is 38.1. The van der Waals surface area contributed by atoms with Crippen LogP contribution in [0.4, 0.5) is 22.7 Å². The summed E-state index contributed by atoms with van der Waals surface area (Å²) in [5.74, 6) is 1.71. The molecular weight excluding hydrogens is 757 g/mol. The van der Waals surface area contributed by atoms with Crippen LogP contribution in [0.25, 0.3) is 21.9 Å². The van der Waals surface area contributed by atoms with E-state index in [4.69, 9.17) is 0 Å². The molecule has 6 aromatic rings. The van der Waals surface area contributed by atoms with Gasteiger partial charge in [0.1, 0.15) is 0 Å². The zero-order chi connectivity index (χ0) is 32.5. The second-order valence-electron chi connectivity index (χ2n) is 13.4. The summed E-state index contributed by atoms with van der Waals surface area (Å²) in [5, 5.41) is 1.14. The van der Waals surface area contributed by atoms with Crippen molar-refractivity contribution in [2.24, 2.45) is 0 Å². The maximum absolute atomic E-state index is 4.45. The molecule has 7 rings (SSSR count). The van der Waals surface area contributed by atoms with Crippen molar-refractivity contribution in [3.63, 3.8) is 0 Å². The molecule has 242 valence electrons. The molecule has 0 N–H and O–H groups in total. The molecule has 4 aromatic carbocycles. The molecule has 47 heavy (non-hydrogen) atoms. The largest absolute Gasteiger partial charge is 1.00 e. The fraction of sp³-hybridized carbons (Fsp3) is 0.286. The molecule has 0 saturated heterocycles. The Hall–Kier alpha value is -4.05. The third-order valence-electron chi connectivity index (χ3n) is 8.88. The molecule has 0 saturated carbocycles. The number of benzene rings is 4. The van der Waals surface area contributed by atoms with Crippen LogP contribution in [0, 0.1) is 0 Å². The minimum atomic E-state index is 0. The SMILES string of the molecule is CC(C)c1cccc(C(C)C)c1[N+]1=C=[N+](c2c(C(C)C)cccc2C(C)C)c2ccccc21.[Au+].c1ccc2c(c1)[n-]c1cccnc12. The summed E-state index contributed by atoms with van der Waals surface area (Å²) in [6.07, 6.45) is 1.80.